The minimum absolute atomic E-state index is 0.107. The summed E-state index contributed by atoms with van der Waals surface area (Å²) in [4.78, 5) is 35.5. The number of rotatable bonds is 6. The third-order valence-electron chi connectivity index (χ3n) is 5.69. The van der Waals surface area contributed by atoms with E-state index in [0.717, 1.165) is 18.5 Å². The molecule has 0 radical (unpaired) electrons. The maximum Gasteiger partial charge on any atom is 0.274 e. The van der Waals surface area contributed by atoms with Gasteiger partial charge in [-0.05, 0) is 35.4 Å². The van der Waals surface area contributed by atoms with Crippen LogP contribution in [0, 0.1) is 5.92 Å². The summed E-state index contributed by atoms with van der Waals surface area (Å²) in [6, 6.07) is 12.6. The molecule has 3 heterocycles. The highest BCUT2D eigenvalue weighted by Gasteiger charge is 2.32. The van der Waals surface area contributed by atoms with Crippen molar-refractivity contribution >= 4 is 23.2 Å². The van der Waals surface area contributed by atoms with Crippen molar-refractivity contribution < 1.29 is 9.59 Å². The number of carbonyl (C=O) groups is 2. The number of amides is 2. The molecule has 2 amide bonds. The first-order valence-corrected chi connectivity index (χ1v) is 11.6. The van der Waals surface area contributed by atoms with Gasteiger partial charge in [0.15, 0.2) is 0 Å². The van der Waals surface area contributed by atoms with Crippen molar-refractivity contribution in [2.75, 3.05) is 26.2 Å². The van der Waals surface area contributed by atoms with E-state index in [-0.39, 0.29) is 17.7 Å². The lowest BCUT2D eigenvalue weighted by atomic mass is 9.96. The summed E-state index contributed by atoms with van der Waals surface area (Å²) in [5, 5.41) is 2.07. The zero-order valence-electron chi connectivity index (χ0n) is 18.0. The smallest absolute Gasteiger partial charge is 0.274 e. The van der Waals surface area contributed by atoms with Crippen LogP contribution >= 0.6 is 11.3 Å². The molecule has 7 heteroatoms. The summed E-state index contributed by atoms with van der Waals surface area (Å²) < 4.78 is 1.77. The van der Waals surface area contributed by atoms with Gasteiger partial charge >= 0.3 is 0 Å². The Kier molecular flexibility index (Phi) is 6.51. The van der Waals surface area contributed by atoms with E-state index in [1.54, 1.807) is 33.3 Å². The summed E-state index contributed by atoms with van der Waals surface area (Å²) in [5.74, 6) is -0.223. The van der Waals surface area contributed by atoms with Gasteiger partial charge in [0.2, 0.25) is 5.91 Å². The van der Waals surface area contributed by atoms with E-state index in [2.05, 4.69) is 47.6 Å². The molecule has 2 aromatic heterocycles. The number of thiophene rings is 1. The van der Waals surface area contributed by atoms with Crippen molar-refractivity contribution in [3.8, 4) is 10.4 Å². The second-order valence-corrected chi connectivity index (χ2v) is 9.02. The highest BCUT2D eigenvalue weighted by atomic mass is 32.1. The number of benzene rings is 1. The molecule has 0 spiro atoms. The third kappa shape index (κ3) is 4.88. The standard InChI is InChI=1S/C24H28N4O2S/c1-3-10-27-11-12-28(24(30)21-16-26(2)17-25-21)15-20(23(27)29)14-18-6-8-19(9-7-18)22-5-4-13-31-22/h4-9,13,16-17,20H,3,10-12,14-15H2,1-2H3/t20-/m0/s1. The molecule has 4 rings (SSSR count). The first kappa shape index (κ1) is 21.3. The maximum atomic E-state index is 13.3. The molecule has 0 aliphatic carbocycles. The molecule has 0 bridgehead atoms. The van der Waals surface area contributed by atoms with Gasteiger partial charge in [0.05, 0.1) is 12.2 Å². The SMILES string of the molecule is CCCN1CCN(C(=O)c2cn(C)cn2)C[C@H](Cc2ccc(-c3cccs3)cc2)C1=O. The molecule has 1 atom stereocenters. The third-order valence-corrected chi connectivity index (χ3v) is 6.61. The highest BCUT2D eigenvalue weighted by Crippen LogP contribution is 2.26. The van der Waals surface area contributed by atoms with Crippen molar-refractivity contribution in [3.05, 3.63) is 65.6 Å². The summed E-state index contributed by atoms with van der Waals surface area (Å²) in [7, 11) is 1.85. The van der Waals surface area contributed by atoms with E-state index in [1.807, 2.05) is 18.0 Å². The number of nitrogens with zero attached hydrogens (tertiary/aromatic N) is 4. The minimum Gasteiger partial charge on any atom is -0.341 e. The molecule has 1 aromatic carbocycles. The van der Waals surface area contributed by atoms with E-state index in [1.165, 1.54) is 10.4 Å². The average molecular weight is 437 g/mol. The summed E-state index contributed by atoms with van der Waals surface area (Å²) in [6.45, 7) is 4.32. The quantitative estimate of drug-likeness (QED) is 0.592. The summed E-state index contributed by atoms with van der Waals surface area (Å²) >= 11 is 1.72. The van der Waals surface area contributed by atoms with Crippen LogP contribution in [0.15, 0.2) is 54.3 Å². The van der Waals surface area contributed by atoms with Gasteiger partial charge in [-0.3, -0.25) is 9.59 Å². The Morgan fingerprint density at radius 3 is 2.65 bits per heavy atom. The largest absolute Gasteiger partial charge is 0.341 e. The van der Waals surface area contributed by atoms with Crippen LogP contribution in [0.4, 0.5) is 0 Å². The van der Waals surface area contributed by atoms with Crippen LogP contribution in [-0.4, -0.2) is 57.3 Å². The second kappa shape index (κ2) is 9.47. The van der Waals surface area contributed by atoms with Gasteiger partial charge in [-0.1, -0.05) is 37.3 Å². The Bertz CT molecular complexity index is 1030. The summed E-state index contributed by atoms with van der Waals surface area (Å²) in [5.41, 5.74) is 2.73. The molecule has 3 aromatic rings. The summed E-state index contributed by atoms with van der Waals surface area (Å²) in [6.07, 6.45) is 4.89. The normalized spacial score (nSPS) is 17.1. The minimum atomic E-state index is -0.255. The zero-order chi connectivity index (χ0) is 21.8. The number of carbonyl (C=O) groups excluding carboxylic acids is 2. The van der Waals surface area contributed by atoms with Gasteiger partial charge in [0.1, 0.15) is 5.69 Å². The number of aromatic nitrogens is 2. The number of aryl methyl sites for hydroxylation is 1. The van der Waals surface area contributed by atoms with Gasteiger partial charge < -0.3 is 14.4 Å². The van der Waals surface area contributed by atoms with E-state index in [0.29, 0.717) is 31.7 Å². The monoisotopic (exact) mass is 436 g/mol. The predicted octanol–water partition coefficient (Wildman–Crippen LogP) is 3.70. The van der Waals surface area contributed by atoms with Gasteiger partial charge in [0.25, 0.3) is 5.91 Å². The fourth-order valence-electron chi connectivity index (χ4n) is 4.09. The number of hydrogen-bond acceptors (Lipinski definition) is 4. The molecule has 1 fully saturated rings. The molecule has 1 aliphatic heterocycles. The lowest BCUT2D eigenvalue weighted by Gasteiger charge is -2.23. The molecule has 1 aliphatic rings. The number of imidazole rings is 1. The van der Waals surface area contributed by atoms with Crippen LogP contribution in [0.25, 0.3) is 10.4 Å². The zero-order valence-corrected chi connectivity index (χ0v) is 18.8. The topological polar surface area (TPSA) is 58.4 Å². The predicted molar refractivity (Wildman–Crippen MR) is 123 cm³/mol. The van der Waals surface area contributed by atoms with Crippen molar-refractivity contribution in [2.45, 2.75) is 19.8 Å². The first-order valence-electron chi connectivity index (χ1n) is 10.7. The number of hydrogen-bond donors (Lipinski definition) is 0. The van der Waals surface area contributed by atoms with Crippen LogP contribution in [0.1, 0.15) is 29.4 Å². The first-order chi connectivity index (χ1) is 15.0. The molecule has 162 valence electrons. The van der Waals surface area contributed by atoms with Crippen LogP contribution in [0.2, 0.25) is 0 Å². The van der Waals surface area contributed by atoms with E-state index in [4.69, 9.17) is 0 Å². The Labute approximate surface area is 187 Å². The lowest BCUT2D eigenvalue weighted by molar-refractivity contribution is -0.134. The van der Waals surface area contributed by atoms with E-state index in [9.17, 15) is 9.59 Å². The van der Waals surface area contributed by atoms with Gasteiger partial charge in [0, 0.05) is 44.3 Å². The molecule has 1 saturated heterocycles. The van der Waals surface area contributed by atoms with Gasteiger partial charge in [-0.2, -0.15) is 0 Å². The molecule has 0 unspecified atom stereocenters. The maximum absolute atomic E-state index is 13.3. The Balaban J connectivity index is 1.53. The van der Waals surface area contributed by atoms with Gasteiger partial charge in [-0.25, -0.2) is 4.98 Å². The van der Waals surface area contributed by atoms with Crippen LogP contribution < -0.4 is 0 Å². The van der Waals surface area contributed by atoms with Crippen molar-refractivity contribution in [3.63, 3.8) is 0 Å². The van der Waals surface area contributed by atoms with Crippen LogP contribution in [0.3, 0.4) is 0 Å². The van der Waals surface area contributed by atoms with Crippen molar-refractivity contribution in [1.29, 1.82) is 0 Å². The van der Waals surface area contributed by atoms with E-state index >= 15 is 0 Å². The highest BCUT2D eigenvalue weighted by molar-refractivity contribution is 7.13. The second-order valence-electron chi connectivity index (χ2n) is 8.08. The Hall–Kier alpha value is -2.93. The molecule has 6 nitrogen and oxygen atoms in total. The average Bonchev–Trinajstić information content (AvgIpc) is 3.44. The van der Waals surface area contributed by atoms with Crippen molar-refractivity contribution in [1.82, 2.24) is 19.4 Å². The fourth-order valence-corrected chi connectivity index (χ4v) is 4.82. The van der Waals surface area contributed by atoms with E-state index < -0.39 is 0 Å². The Morgan fingerprint density at radius 2 is 2.00 bits per heavy atom. The Morgan fingerprint density at radius 1 is 1.19 bits per heavy atom. The molecule has 0 N–H and O–H groups in total. The fraction of sp³-hybridized carbons (Fsp3) is 0.375. The molecular weight excluding hydrogens is 408 g/mol. The molecular formula is C24H28N4O2S. The van der Waals surface area contributed by atoms with Gasteiger partial charge in [-0.15, -0.1) is 11.3 Å². The molecule has 31 heavy (non-hydrogen) atoms. The molecule has 0 saturated carbocycles. The lowest BCUT2D eigenvalue weighted by Crippen LogP contribution is -2.38. The van der Waals surface area contributed by atoms with Crippen LogP contribution in [0.5, 0.6) is 0 Å². The van der Waals surface area contributed by atoms with Crippen LogP contribution in [-0.2, 0) is 18.3 Å². The van der Waals surface area contributed by atoms with Crippen molar-refractivity contribution in [2.24, 2.45) is 13.0 Å².